The molecule has 0 nitrogen and oxygen atoms in total. The number of rotatable bonds is 6. The average molecular weight is 935 g/mol. The van der Waals surface area contributed by atoms with Gasteiger partial charge in [0.25, 0.3) is 0 Å². The Balaban J connectivity index is 0.831. The van der Waals surface area contributed by atoms with E-state index in [1.165, 1.54) is 153 Å². The van der Waals surface area contributed by atoms with E-state index in [4.69, 9.17) is 0 Å². The van der Waals surface area contributed by atoms with Crippen LogP contribution in [0.25, 0.3) is 153 Å². The molecule has 0 heteroatoms. The lowest BCUT2D eigenvalue weighted by Gasteiger charge is -2.19. The van der Waals surface area contributed by atoms with Gasteiger partial charge in [-0.2, -0.15) is 0 Å². The SMILES string of the molecule is c1ccc2c(-c3ccc(-c4c5ccccc5c(-c5ccc6ccc(-c7ccc8ccc(-c9c%10ccccc%10c(-c%10cccc%11ccccc%10%11)c%10ccccc9%10)cc8c7)cc6c5)c5ccccc45)cc3)cccc2c1. The summed E-state index contributed by atoms with van der Waals surface area (Å²) in [7, 11) is 0. The van der Waals surface area contributed by atoms with E-state index in [0.717, 1.165) is 0 Å². The summed E-state index contributed by atoms with van der Waals surface area (Å²) in [5.74, 6) is 0. The molecule has 74 heavy (non-hydrogen) atoms. The zero-order valence-electron chi connectivity index (χ0n) is 40.6. The molecule has 0 saturated carbocycles. The first-order valence-electron chi connectivity index (χ1n) is 25.7. The standard InChI is InChI=1S/C74H46/c1-3-19-59-49(15-1)17-13-29-60(59)51-35-37-52(38-36-51)71-63-21-5-7-23-65(63)72(66-24-8-6-22-64(66)71)55-41-33-47-31-39-53(43-57(47)45-55)54-40-32-48-34-42-56(46-58(48)44-54)73-67-25-9-11-27-69(67)74(70-28-12-10-26-68(70)73)62-30-14-18-50-16-2-4-20-61(50)62/h1-46H. The lowest BCUT2D eigenvalue weighted by molar-refractivity contribution is 1.63. The van der Waals surface area contributed by atoms with Gasteiger partial charge in [0.2, 0.25) is 0 Å². The molecule has 15 rings (SSSR count). The van der Waals surface area contributed by atoms with Crippen LogP contribution >= 0.6 is 0 Å². The second-order valence-electron chi connectivity index (χ2n) is 19.9. The molecule has 0 N–H and O–H groups in total. The van der Waals surface area contributed by atoms with Crippen molar-refractivity contribution < 1.29 is 0 Å². The van der Waals surface area contributed by atoms with Gasteiger partial charge in [-0.25, -0.2) is 0 Å². The van der Waals surface area contributed by atoms with Gasteiger partial charge < -0.3 is 0 Å². The van der Waals surface area contributed by atoms with Crippen LogP contribution in [0.5, 0.6) is 0 Å². The van der Waals surface area contributed by atoms with Crippen molar-refractivity contribution in [1.82, 2.24) is 0 Å². The Bertz CT molecular complexity index is 4640. The molecule has 0 bridgehead atoms. The summed E-state index contributed by atoms with van der Waals surface area (Å²) >= 11 is 0. The third-order valence-corrected chi connectivity index (χ3v) is 15.8. The Morgan fingerprint density at radius 2 is 0.419 bits per heavy atom. The van der Waals surface area contributed by atoms with Crippen LogP contribution in [0.3, 0.4) is 0 Å². The third-order valence-electron chi connectivity index (χ3n) is 15.8. The van der Waals surface area contributed by atoms with Crippen molar-refractivity contribution in [1.29, 1.82) is 0 Å². The van der Waals surface area contributed by atoms with E-state index < -0.39 is 0 Å². The van der Waals surface area contributed by atoms with Crippen molar-refractivity contribution in [3.63, 3.8) is 0 Å². The van der Waals surface area contributed by atoms with E-state index in [1.54, 1.807) is 0 Å². The minimum absolute atomic E-state index is 1.20. The van der Waals surface area contributed by atoms with Crippen molar-refractivity contribution in [2.75, 3.05) is 0 Å². The van der Waals surface area contributed by atoms with E-state index in [2.05, 4.69) is 279 Å². The summed E-state index contributed by atoms with van der Waals surface area (Å²) in [4.78, 5) is 0. The first-order valence-corrected chi connectivity index (χ1v) is 25.7. The number of hydrogen-bond acceptors (Lipinski definition) is 0. The molecule has 0 aliphatic rings. The Morgan fingerprint density at radius 1 is 0.135 bits per heavy atom. The van der Waals surface area contributed by atoms with E-state index in [-0.39, 0.29) is 0 Å². The van der Waals surface area contributed by atoms with E-state index in [0.29, 0.717) is 0 Å². The highest BCUT2D eigenvalue weighted by Crippen LogP contribution is 2.47. The lowest BCUT2D eigenvalue weighted by atomic mass is 9.84. The topological polar surface area (TPSA) is 0 Å². The molecule has 0 aromatic heterocycles. The normalized spacial score (nSPS) is 11.8. The Labute approximate surface area is 429 Å². The molecule has 0 heterocycles. The highest BCUT2D eigenvalue weighted by molar-refractivity contribution is 6.25. The largest absolute Gasteiger partial charge is 0.0616 e. The summed E-state index contributed by atoms with van der Waals surface area (Å²) in [5, 5.41) is 20.0. The second kappa shape index (κ2) is 17.0. The molecule has 0 aliphatic carbocycles. The van der Waals surface area contributed by atoms with Crippen LogP contribution in [0, 0.1) is 0 Å². The predicted octanol–water partition coefficient (Wildman–Crippen LogP) is 20.9. The maximum Gasteiger partial charge on any atom is -0.00201 e. The quantitative estimate of drug-likeness (QED) is 0.146. The average Bonchev–Trinajstić information content (AvgIpc) is 3.47. The molecule has 0 spiro atoms. The van der Waals surface area contributed by atoms with Gasteiger partial charge in [-0.15, -0.1) is 0 Å². The smallest absolute Gasteiger partial charge is 0.00201 e. The fraction of sp³-hybridized carbons (Fsp3) is 0. The fourth-order valence-electron chi connectivity index (χ4n) is 12.4. The first kappa shape index (κ1) is 42.1. The van der Waals surface area contributed by atoms with Crippen molar-refractivity contribution in [3.8, 4) is 66.8 Å². The molecule has 0 radical (unpaired) electrons. The molecule has 0 fully saturated rings. The maximum atomic E-state index is 2.41. The zero-order valence-corrected chi connectivity index (χ0v) is 40.6. The first-order chi connectivity index (χ1) is 36.7. The molecule has 342 valence electrons. The number of benzene rings is 15. The van der Waals surface area contributed by atoms with Gasteiger partial charge >= 0.3 is 0 Å². The minimum Gasteiger partial charge on any atom is -0.0616 e. The van der Waals surface area contributed by atoms with Gasteiger partial charge in [0.05, 0.1) is 0 Å². The summed E-state index contributed by atoms with van der Waals surface area (Å²) in [6, 6.07) is 104. The van der Waals surface area contributed by atoms with Gasteiger partial charge in [0.1, 0.15) is 0 Å². The van der Waals surface area contributed by atoms with Crippen LogP contribution in [-0.2, 0) is 0 Å². The van der Waals surface area contributed by atoms with Crippen LogP contribution < -0.4 is 0 Å². The summed E-state index contributed by atoms with van der Waals surface area (Å²) < 4.78 is 0. The van der Waals surface area contributed by atoms with Crippen molar-refractivity contribution >= 4 is 86.2 Å². The Kier molecular flexibility index (Phi) is 9.68. The van der Waals surface area contributed by atoms with Crippen molar-refractivity contribution in [3.05, 3.63) is 279 Å². The van der Waals surface area contributed by atoms with Gasteiger partial charge in [-0.05, 0) is 177 Å². The molecule has 0 unspecified atom stereocenters. The third kappa shape index (κ3) is 6.77. The molecule has 15 aromatic rings. The molecular weight excluding hydrogens is 889 g/mol. The van der Waals surface area contributed by atoms with Crippen molar-refractivity contribution in [2.45, 2.75) is 0 Å². The van der Waals surface area contributed by atoms with Crippen LogP contribution in [0.1, 0.15) is 0 Å². The molecule has 0 aliphatic heterocycles. The fourth-order valence-corrected chi connectivity index (χ4v) is 12.4. The van der Waals surface area contributed by atoms with E-state index >= 15 is 0 Å². The van der Waals surface area contributed by atoms with Gasteiger partial charge in [-0.1, -0.05) is 255 Å². The Hall–Kier alpha value is -9.62. The Morgan fingerprint density at radius 3 is 0.851 bits per heavy atom. The van der Waals surface area contributed by atoms with Gasteiger partial charge in [0.15, 0.2) is 0 Å². The number of fused-ring (bicyclic) bond motifs is 8. The molecular formula is C74H46. The van der Waals surface area contributed by atoms with Crippen LogP contribution in [-0.4, -0.2) is 0 Å². The van der Waals surface area contributed by atoms with E-state index in [9.17, 15) is 0 Å². The van der Waals surface area contributed by atoms with Crippen LogP contribution in [0.4, 0.5) is 0 Å². The van der Waals surface area contributed by atoms with Crippen LogP contribution in [0.15, 0.2) is 279 Å². The number of hydrogen-bond donors (Lipinski definition) is 0. The molecule has 0 amide bonds. The highest BCUT2D eigenvalue weighted by atomic mass is 14.2. The molecule has 15 aromatic carbocycles. The molecule has 0 atom stereocenters. The zero-order chi connectivity index (χ0) is 48.7. The van der Waals surface area contributed by atoms with Crippen LogP contribution in [0.2, 0.25) is 0 Å². The lowest BCUT2D eigenvalue weighted by Crippen LogP contribution is -1.92. The molecule has 0 saturated heterocycles. The second-order valence-corrected chi connectivity index (χ2v) is 19.9. The van der Waals surface area contributed by atoms with E-state index in [1.807, 2.05) is 0 Å². The maximum absolute atomic E-state index is 2.41. The monoisotopic (exact) mass is 934 g/mol. The summed E-state index contributed by atoms with van der Waals surface area (Å²) in [5.41, 5.74) is 14.9. The van der Waals surface area contributed by atoms with Gasteiger partial charge in [0, 0.05) is 0 Å². The highest BCUT2D eigenvalue weighted by Gasteiger charge is 2.20. The summed E-state index contributed by atoms with van der Waals surface area (Å²) in [6.07, 6.45) is 0. The minimum atomic E-state index is 1.20. The summed E-state index contributed by atoms with van der Waals surface area (Å²) in [6.45, 7) is 0. The van der Waals surface area contributed by atoms with Crippen molar-refractivity contribution in [2.24, 2.45) is 0 Å². The predicted molar refractivity (Wildman–Crippen MR) is 319 cm³/mol. The van der Waals surface area contributed by atoms with Gasteiger partial charge in [-0.3, -0.25) is 0 Å².